The number of aromatic hydroxyl groups is 1. The molecule has 8 rings (SSSR count). The molecule has 0 bridgehead atoms. The van der Waals surface area contributed by atoms with Crippen molar-refractivity contribution in [3.8, 4) is 34.4 Å². The molecule has 0 aliphatic carbocycles. The van der Waals surface area contributed by atoms with Gasteiger partial charge in [-0.1, -0.05) is 41.4 Å². The summed E-state index contributed by atoms with van der Waals surface area (Å²) in [7, 11) is 1.59. The van der Waals surface area contributed by atoms with E-state index in [1.807, 2.05) is 42.5 Å². The number of aromatic nitrogens is 2. The van der Waals surface area contributed by atoms with E-state index < -0.39 is 0 Å². The van der Waals surface area contributed by atoms with Gasteiger partial charge in [-0.2, -0.15) is 0 Å². The quantitative estimate of drug-likeness (QED) is 0.236. The maximum Gasteiger partial charge on any atom is 0.231 e. The standard InChI is InChI=1S/C33H27Cl2N3O4/c1-40-31-14-22(33-36-26-4-2-3-5-27(26)38(33)15-18-6-7-24(34)25(35)10-18)21-12-28-20-13-30-29(41-17-42-30)11-19(20)8-9-37(28)16-23(21)32(31)39/h2-7,10-11,13-14,28,39H,8-9,12,15-17H2,1H3. The van der Waals surface area contributed by atoms with Gasteiger partial charge in [-0.05, 0) is 77.6 Å². The summed E-state index contributed by atoms with van der Waals surface area (Å²) in [4.78, 5) is 7.58. The summed E-state index contributed by atoms with van der Waals surface area (Å²) in [6.45, 7) is 2.30. The monoisotopic (exact) mass is 599 g/mol. The number of imidazole rings is 1. The number of benzene rings is 4. The van der Waals surface area contributed by atoms with E-state index >= 15 is 0 Å². The van der Waals surface area contributed by atoms with Crippen molar-refractivity contribution in [2.24, 2.45) is 0 Å². The van der Waals surface area contributed by atoms with E-state index in [4.69, 9.17) is 42.4 Å². The van der Waals surface area contributed by atoms with E-state index in [1.165, 1.54) is 11.1 Å². The Labute approximate surface area is 252 Å². The van der Waals surface area contributed by atoms with Crippen LogP contribution in [0, 0.1) is 0 Å². The van der Waals surface area contributed by atoms with Crippen molar-refractivity contribution < 1.29 is 19.3 Å². The third kappa shape index (κ3) is 4.02. The number of ether oxygens (including phenoxy) is 3. The molecule has 212 valence electrons. The number of rotatable bonds is 4. The molecule has 1 unspecified atom stereocenters. The largest absolute Gasteiger partial charge is 0.504 e. The van der Waals surface area contributed by atoms with Crippen LogP contribution in [0.5, 0.6) is 23.0 Å². The Morgan fingerprint density at radius 2 is 1.83 bits per heavy atom. The van der Waals surface area contributed by atoms with Gasteiger partial charge in [-0.3, -0.25) is 4.90 Å². The van der Waals surface area contributed by atoms with Crippen molar-refractivity contribution in [2.75, 3.05) is 20.4 Å². The van der Waals surface area contributed by atoms with Gasteiger partial charge in [-0.15, -0.1) is 0 Å². The highest BCUT2D eigenvalue weighted by molar-refractivity contribution is 6.42. The Hall–Kier alpha value is -3.91. The molecular formula is C33H27Cl2N3O4. The van der Waals surface area contributed by atoms with Gasteiger partial charge in [0.2, 0.25) is 6.79 Å². The fraction of sp³-hybridized carbons (Fsp3) is 0.242. The zero-order chi connectivity index (χ0) is 28.5. The number of para-hydroxylation sites is 2. The van der Waals surface area contributed by atoms with Gasteiger partial charge in [-0.25, -0.2) is 4.98 Å². The molecule has 7 nitrogen and oxygen atoms in total. The van der Waals surface area contributed by atoms with Crippen molar-refractivity contribution in [1.82, 2.24) is 14.5 Å². The molecule has 4 aromatic carbocycles. The zero-order valence-corrected chi connectivity index (χ0v) is 24.4. The lowest BCUT2D eigenvalue weighted by molar-refractivity contribution is 0.158. The summed E-state index contributed by atoms with van der Waals surface area (Å²) in [5, 5.41) is 12.4. The first-order chi connectivity index (χ1) is 20.5. The highest BCUT2D eigenvalue weighted by atomic mass is 35.5. The Morgan fingerprint density at radius 3 is 2.67 bits per heavy atom. The molecule has 9 heteroatoms. The summed E-state index contributed by atoms with van der Waals surface area (Å²) in [6.07, 6.45) is 1.62. The smallest absolute Gasteiger partial charge is 0.231 e. The van der Waals surface area contributed by atoms with Crippen molar-refractivity contribution in [3.63, 3.8) is 0 Å². The first-order valence-electron chi connectivity index (χ1n) is 14.0. The molecule has 1 N–H and O–H groups in total. The molecule has 1 aromatic heterocycles. The van der Waals surface area contributed by atoms with E-state index in [0.717, 1.165) is 63.6 Å². The summed E-state index contributed by atoms with van der Waals surface area (Å²) in [6, 6.07) is 20.2. The Kier molecular flexibility index (Phi) is 6.03. The molecule has 0 amide bonds. The van der Waals surface area contributed by atoms with Crippen LogP contribution >= 0.6 is 23.2 Å². The molecule has 3 aliphatic rings. The lowest BCUT2D eigenvalue weighted by Gasteiger charge is -2.42. The van der Waals surface area contributed by atoms with Crippen LogP contribution in [-0.4, -0.2) is 40.0 Å². The Morgan fingerprint density at radius 1 is 1.00 bits per heavy atom. The first-order valence-corrected chi connectivity index (χ1v) is 14.7. The first kappa shape index (κ1) is 25.8. The molecule has 42 heavy (non-hydrogen) atoms. The van der Waals surface area contributed by atoms with E-state index in [1.54, 1.807) is 7.11 Å². The van der Waals surface area contributed by atoms with Gasteiger partial charge in [0.15, 0.2) is 23.0 Å². The minimum absolute atomic E-state index is 0.134. The molecule has 0 spiro atoms. The number of fused-ring (bicyclic) bond motifs is 6. The topological polar surface area (TPSA) is 69.0 Å². The van der Waals surface area contributed by atoms with Crippen LogP contribution in [0.4, 0.5) is 0 Å². The van der Waals surface area contributed by atoms with E-state index in [9.17, 15) is 5.11 Å². The molecule has 5 aromatic rings. The van der Waals surface area contributed by atoms with Crippen LogP contribution in [0.25, 0.3) is 22.4 Å². The second kappa shape index (κ2) is 9.83. The van der Waals surface area contributed by atoms with Gasteiger partial charge in [0.1, 0.15) is 5.82 Å². The van der Waals surface area contributed by atoms with E-state index in [0.29, 0.717) is 35.3 Å². The molecule has 0 fully saturated rings. The van der Waals surface area contributed by atoms with Crippen LogP contribution < -0.4 is 14.2 Å². The predicted octanol–water partition coefficient (Wildman–Crippen LogP) is 7.16. The number of phenols is 1. The van der Waals surface area contributed by atoms with Crippen molar-refractivity contribution >= 4 is 34.2 Å². The minimum Gasteiger partial charge on any atom is -0.504 e. The average Bonchev–Trinajstić information content (AvgIpc) is 3.62. The fourth-order valence-corrected chi connectivity index (χ4v) is 7.05. The van der Waals surface area contributed by atoms with Crippen LogP contribution in [0.15, 0.2) is 60.7 Å². The third-order valence-corrected chi connectivity index (χ3v) is 9.52. The van der Waals surface area contributed by atoms with Gasteiger partial charge in [0.25, 0.3) is 0 Å². The maximum absolute atomic E-state index is 11.4. The number of phenolic OH excluding ortho intramolecular Hbond substituents is 1. The lowest BCUT2D eigenvalue weighted by atomic mass is 9.81. The predicted molar refractivity (Wildman–Crippen MR) is 162 cm³/mol. The molecule has 0 radical (unpaired) electrons. The second-order valence-corrected chi connectivity index (χ2v) is 11.8. The van der Waals surface area contributed by atoms with Crippen LogP contribution in [-0.2, 0) is 25.9 Å². The zero-order valence-electron chi connectivity index (χ0n) is 22.9. The fourth-order valence-electron chi connectivity index (χ4n) is 6.73. The lowest BCUT2D eigenvalue weighted by Crippen LogP contribution is -2.39. The molecular weight excluding hydrogens is 573 g/mol. The summed E-state index contributed by atoms with van der Waals surface area (Å²) < 4.78 is 19.3. The van der Waals surface area contributed by atoms with Gasteiger partial charge >= 0.3 is 0 Å². The van der Waals surface area contributed by atoms with Crippen molar-refractivity contribution in [3.05, 3.63) is 98.5 Å². The van der Waals surface area contributed by atoms with Gasteiger partial charge < -0.3 is 23.9 Å². The van der Waals surface area contributed by atoms with Crippen molar-refractivity contribution in [2.45, 2.75) is 32.0 Å². The molecule has 4 heterocycles. The van der Waals surface area contributed by atoms with E-state index in [2.05, 4.69) is 27.7 Å². The Bertz CT molecular complexity index is 1900. The highest BCUT2D eigenvalue weighted by Crippen LogP contribution is 2.49. The number of halogens is 2. The number of methoxy groups -OCH3 is 1. The number of hydrogen-bond acceptors (Lipinski definition) is 6. The third-order valence-electron chi connectivity index (χ3n) is 8.79. The highest BCUT2D eigenvalue weighted by Gasteiger charge is 2.37. The molecule has 3 aliphatic heterocycles. The van der Waals surface area contributed by atoms with Gasteiger partial charge in [0, 0.05) is 36.8 Å². The molecule has 1 atom stereocenters. The minimum atomic E-state index is 0.134. The Balaban J connectivity index is 1.30. The van der Waals surface area contributed by atoms with Gasteiger partial charge in [0.05, 0.1) is 28.2 Å². The van der Waals surface area contributed by atoms with Crippen LogP contribution in [0.2, 0.25) is 10.0 Å². The summed E-state index contributed by atoms with van der Waals surface area (Å²) >= 11 is 12.6. The average molecular weight is 601 g/mol. The molecule has 0 saturated carbocycles. The molecule has 0 saturated heterocycles. The number of nitrogens with zero attached hydrogens (tertiary/aromatic N) is 3. The SMILES string of the molecule is COc1cc(-c2nc3ccccc3n2Cc2ccc(Cl)c(Cl)c2)c2c(c1O)CN1CCc3cc4c(cc3C1C2)OCO4. The summed E-state index contributed by atoms with van der Waals surface area (Å²) in [5.41, 5.74) is 8.36. The van der Waals surface area contributed by atoms with Crippen molar-refractivity contribution in [1.29, 1.82) is 0 Å². The van der Waals surface area contributed by atoms with E-state index in [-0.39, 0.29) is 18.6 Å². The van der Waals surface area contributed by atoms with Crippen LogP contribution in [0.1, 0.15) is 33.9 Å². The normalized spacial score (nSPS) is 17.2. The number of hydrogen-bond donors (Lipinski definition) is 1. The summed E-state index contributed by atoms with van der Waals surface area (Å²) in [5.74, 6) is 3.06. The second-order valence-electron chi connectivity index (χ2n) is 11.0. The van der Waals surface area contributed by atoms with Crippen LogP contribution in [0.3, 0.4) is 0 Å². The maximum atomic E-state index is 11.4.